The highest BCUT2D eigenvalue weighted by atomic mass is 19.4. The molecule has 21 heavy (non-hydrogen) atoms. The maximum Gasteiger partial charge on any atom is 0.460 e. The van der Waals surface area contributed by atoms with Crippen LogP contribution in [0.15, 0.2) is 42.5 Å². The first-order valence-electron chi connectivity index (χ1n) is 5.87. The zero-order chi connectivity index (χ0) is 15.7. The maximum absolute atomic E-state index is 13.4. The first-order chi connectivity index (χ1) is 9.82. The lowest BCUT2D eigenvalue weighted by molar-refractivity contribution is -0.330. The fourth-order valence-corrected chi connectivity index (χ4v) is 1.93. The summed E-state index contributed by atoms with van der Waals surface area (Å²) in [5.74, 6) is -5.24. The van der Waals surface area contributed by atoms with Gasteiger partial charge in [-0.1, -0.05) is 24.3 Å². The molecule has 1 aromatic rings. The molecule has 1 aliphatic heterocycles. The van der Waals surface area contributed by atoms with Crippen LogP contribution in [0.25, 0.3) is 6.08 Å². The van der Waals surface area contributed by atoms with Crippen molar-refractivity contribution >= 4 is 12.0 Å². The van der Waals surface area contributed by atoms with Gasteiger partial charge in [-0.2, -0.15) is 13.2 Å². The van der Waals surface area contributed by atoms with Crippen molar-refractivity contribution in [2.45, 2.75) is 12.0 Å². The second-order valence-corrected chi connectivity index (χ2v) is 4.22. The molecule has 112 valence electrons. The molecular weight excluding hydrogens is 289 g/mol. The van der Waals surface area contributed by atoms with Crippen LogP contribution in [0.5, 0.6) is 5.75 Å². The SMILES string of the molecule is C=CCO[C@]1(C(F)(F)F)Oc2ccccc2C=C1C(=O)O. The van der Waals surface area contributed by atoms with Crippen molar-refractivity contribution in [1.29, 1.82) is 0 Å². The minimum absolute atomic E-state index is 0.108. The number of hydrogen-bond acceptors (Lipinski definition) is 3. The van der Waals surface area contributed by atoms with Crippen LogP contribution in [0.2, 0.25) is 0 Å². The van der Waals surface area contributed by atoms with E-state index in [-0.39, 0.29) is 11.3 Å². The lowest BCUT2D eigenvalue weighted by atomic mass is 9.98. The molecule has 1 aromatic carbocycles. The molecule has 1 heterocycles. The molecule has 1 atom stereocenters. The van der Waals surface area contributed by atoms with E-state index in [4.69, 9.17) is 14.6 Å². The minimum atomic E-state index is -5.08. The first kappa shape index (κ1) is 15.1. The molecule has 0 unspecified atom stereocenters. The van der Waals surface area contributed by atoms with E-state index in [1.807, 2.05) is 0 Å². The Morgan fingerprint density at radius 2 is 2.10 bits per heavy atom. The molecule has 0 saturated carbocycles. The van der Waals surface area contributed by atoms with E-state index < -0.39 is 30.1 Å². The fraction of sp³-hybridized carbons (Fsp3) is 0.214. The normalized spacial score (nSPS) is 21.0. The van der Waals surface area contributed by atoms with Crippen LogP contribution < -0.4 is 4.74 Å². The molecule has 0 spiro atoms. The number of carboxylic acids is 1. The van der Waals surface area contributed by atoms with Gasteiger partial charge in [0.25, 0.3) is 0 Å². The topological polar surface area (TPSA) is 55.8 Å². The van der Waals surface area contributed by atoms with Crippen molar-refractivity contribution in [3.63, 3.8) is 0 Å². The number of ether oxygens (including phenoxy) is 2. The molecule has 1 aliphatic rings. The maximum atomic E-state index is 13.4. The highest BCUT2D eigenvalue weighted by Crippen LogP contribution is 2.46. The predicted octanol–water partition coefficient (Wildman–Crippen LogP) is 3.01. The summed E-state index contributed by atoms with van der Waals surface area (Å²) in [5.41, 5.74) is -0.799. The summed E-state index contributed by atoms with van der Waals surface area (Å²) in [5, 5.41) is 9.11. The van der Waals surface area contributed by atoms with Crippen LogP contribution >= 0.6 is 0 Å². The van der Waals surface area contributed by atoms with Crippen LogP contribution in [0.3, 0.4) is 0 Å². The quantitative estimate of drug-likeness (QED) is 0.868. The lowest BCUT2D eigenvalue weighted by Gasteiger charge is -2.38. The molecule has 0 saturated heterocycles. The van der Waals surface area contributed by atoms with Gasteiger partial charge in [-0.3, -0.25) is 0 Å². The zero-order valence-corrected chi connectivity index (χ0v) is 10.7. The second kappa shape index (κ2) is 5.25. The van der Waals surface area contributed by atoms with Crippen molar-refractivity contribution in [1.82, 2.24) is 0 Å². The van der Waals surface area contributed by atoms with Crippen LogP contribution in [0.4, 0.5) is 13.2 Å². The Bertz CT molecular complexity index is 606. The van der Waals surface area contributed by atoms with Crippen molar-refractivity contribution in [3.05, 3.63) is 48.1 Å². The number of fused-ring (bicyclic) bond motifs is 1. The molecule has 0 bridgehead atoms. The summed E-state index contributed by atoms with van der Waals surface area (Å²) >= 11 is 0. The third-order valence-electron chi connectivity index (χ3n) is 2.84. The molecule has 2 rings (SSSR count). The summed E-state index contributed by atoms with van der Waals surface area (Å²) < 4.78 is 49.9. The van der Waals surface area contributed by atoms with E-state index in [2.05, 4.69) is 6.58 Å². The molecule has 0 fully saturated rings. The molecule has 0 radical (unpaired) electrons. The van der Waals surface area contributed by atoms with Crippen LogP contribution in [0, 0.1) is 0 Å². The summed E-state index contributed by atoms with van der Waals surface area (Å²) in [7, 11) is 0. The molecule has 0 aliphatic carbocycles. The van der Waals surface area contributed by atoms with Gasteiger partial charge in [-0.15, -0.1) is 6.58 Å². The number of para-hydroxylation sites is 1. The van der Waals surface area contributed by atoms with Crippen molar-refractivity contribution in [2.75, 3.05) is 6.61 Å². The van der Waals surface area contributed by atoms with E-state index in [9.17, 15) is 18.0 Å². The molecular formula is C14H11F3O4. The first-order valence-corrected chi connectivity index (χ1v) is 5.87. The Balaban J connectivity index is 2.63. The highest BCUT2D eigenvalue weighted by Gasteiger charge is 2.65. The largest absolute Gasteiger partial charge is 0.478 e. The van der Waals surface area contributed by atoms with Gasteiger partial charge in [0.05, 0.1) is 6.61 Å². The molecule has 0 aromatic heterocycles. The van der Waals surface area contributed by atoms with Crippen molar-refractivity contribution in [3.8, 4) is 5.75 Å². The van der Waals surface area contributed by atoms with Gasteiger partial charge in [0, 0.05) is 5.56 Å². The van der Waals surface area contributed by atoms with Gasteiger partial charge < -0.3 is 14.6 Å². The Morgan fingerprint density at radius 3 is 2.67 bits per heavy atom. The molecule has 4 nitrogen and oxygen atoms in total. The predicted molar refractivity (Wildman–Crippen MR) is 67.6 cm³/mol. The Kier molecular flexibility index (Phi) is 3.78. The standard InChI is InChI=1S/C14H11F3O4/c1-2-7-20-13(14(15,16)17)10(12(18)19)8-9-5-3-4-6-11(9)21-13/h2-6,8H,1,7H2,(H,18,19)/t13-/m0/s1. The number of benzene rings is 1. The summed E-state index contributed by atoms with van der Waals surface area (Å²) in [6, 6.07) is 5.80. The van der Waals surface area contributed by atoms with E-state index in [1.54, 1.807) is 6.07 Å². The smallest absolute Gasteiger partial charge is 0.460 e. The third kappa shape index (κ3) is 2.52. The van der Waals surface area contributed by atoms with Crippen molar-refractivity contribution in [2.24, 2.45) is 0 Å². The average molecular weight is 300 g/mol. The van der Waals surface area contributed by atoms with Crippen LogP contribution in [-0.4, -0.2) is 29.6 Å². The van der Waals surface area contributed by atoms with Gasteiger partial charge in [-0.05, 0) is 12.1 Å². The Labute approximate surface area is 118 Å². The Hall–Kier alpha value is -2.28. The van der Waals surface area contributed by atoms with Crippen LogP contribution in [0.1, 0.15) is 5.56 Å². The van der Waals surface area contributed by atoms with Gasteiger partial charge in [0.2, 0.25) is 0 Å². The molecule has 0 amide bonds. The van der Waals surface area contributed by atoms with Gasteiger partial charge in [0.15, 0.2) is 0 Å². The number of aliphatic carboxylic acids is 1. The average Bonchev–Trinajstić information content (AvgIpc) is 2.42. The second-order valence-electron chi connectivity index (χ2n) is 4.22. The molecule has 7 heteroatoms. The zero-order valence-electron chi connectivity index (χ0n) is 10.7. The number of hydrogen-bond donors (Lipinski definition) is 1. The Morgan fingerprint density at radius 1 is 1.43 bits per heavy atom. The van der Waals surface area contributed by atoms with Gasteiger partial charge in [0.1, 0.15) is 11.3 Å². The number of carboxylic acid groups (broad SMARTS) is 1. The minimum Gasteiger partial charge on any atom is -0.478 e. The van der Waals surface area contributed by atoms with E-state index in [0.717, 1.165) is 12.2 Å². The lowest BCUT2D eigenvalue weighted by Crippen LogP contribution is -2.56. The van der Waals surface area contributed by atoms with Gasteiger partial charge >= 0.3 is 17.9 Å². The fourth-order valence-electron chi connectivity index (χ4n) is 1.93. The molecule has 1 N–H and O–H groups in total. The highest BCUT2D eigenvalue weighted by molar-refractivity contribution is 5.95. The van der Waals surface area contributed by atoms with E-state index >= 15 is 0 Å². The van der Waals surface area contributed by atoms with Gasteiger partial charge in [-0.25, -0.2) is 4.79 Å². The number of alkyl halides is 3. The van der Waals surface area contributed by atoms with Crippen LogP contribution in [-0.2, 0) is 9.53 Å². The van der Waals surface area contributed by atoms with E-state index in [1.165, 1.54) is 18.2 Å². The summed E-state index contributed by atoms with van der Waals surface area (Å²) in [6.07, 6.45) is -3.09. The number of carbonyl (C=O) groups is 1. The number of halogens is 3. The van der Waals surface area contributed by atoms with Crippen molar-refractivity contribution < 1.29 is 32.5 Å². The monoisotopic (exact) mass is 300 g/mol. The summed E-state index contributed by atoms with van der Waals surface area (Å²) in [4.78, 5) is 11.2. The third-order valence-corrected chi connectivity index (χ3v) is 2.84. The van der Waals surface area contributed by atoms with E-state index in [0.29, 0.717) is 0 Å². The number of rotatable bonds is 4. The summed E-state index contributed by atoms with van der Waals surface area (Å²) in [6.45, 7) is 2.74.